The first-order valence-electron chi connectivity index (χ1n) is 7.35. The molecule has 4 heteroatoms. The van der Waals surface area contributed by atoms with Crippen molar-refractivity contribution in [2.24, 2.45) is 17.3 Å². The molecule has 2 rings (SSSR count). The molecule has 19 heavy (non-hydrogen) atoms. The lowest BCUT2D eigenvalue weighted by Crippen LogP contribution is -2.52. The number of hydrogen-bond acceptors (Lipinski definition) is 2. The zero-order chi connectivity index (χ0) is 14.2. The molecule has 0 spiro atoms. The summed E-state index contributed by atoms with van der Waals surface area (Å²) in [5.41, 5.74) is -0.533. The highest BCUT2D eigenvalue weighted by molar-refractivity contribution is 5.98. The number of aliphatic carboxylic acids is 1. The Kier molecular flexibility index (Phi) is 3.88. The average Bonchev–Trinajstić information content (AvgIpc) is 2.73. The molecule has 0 aromatic rings. The summed E-state index contributed by atoms with van der Waals surface area (Å²) in [6.45, 7) is 6.24. The fourth-order valence-electron chi connectivity index (χ4n) is 3.74. The highest BCUT2D eigenvalue weighted by Crippen LogP contribution is 2.39. The molecule has 1 aliphatic carbocycles. The standard InChI is InChI=1S/C15H25NO3/c1-15(2,3)12(14(18)19)13(17)16-9-5-7-10-6-4-8-11(10)16/h10-12H,4-9H2,1-3H3,(H,18,19). The van der Waals surface area contributed by atoms with Crippen molar-refractivity contribution in [2.75, 3.05) is 6.54 Å². The van der Waals surface area contributed by atoms with Gasteiger partial charge in [-0.2, -0.15) is 0 Å². The van der Waals surface area contributed by atoms with Gasteiger partial charge < -0.3 is 10.0 Å². The molecule has 108 valence electrons. The van der Waals surface area contributed by atoms with Crippen molar-refractivity contribution in [3.8, 4) is 0 Å². The van der Waals surface area contributed by atoms with Crippen LogP contribution in [0.4, 0.5) is 0 Å². The molecule has 1 aliphatic heterocycles. The summed E-state index contributed by atoms with van der Waals surface area (Å²) in [7, 11) is 0. The van der Waals surface area contributed by atoms with Crippen LogP contribution in [0, 0.1) is 17.3 Å². The molecule has 2 fully saturated rings. The first kappa shape index (κ1) is 14.4. The van der Waals surface area contributed by atoms with E-state index in [-0.39, 0.29) is 5.91 Å². The molecule has 1 saturated carbocycles. The number of carbonyl (C=O) groups is 2. The van der Waals surface area contributed by atoms with Crippen molar-refractivity contribution in [2.45, 2.75) is 58.9 Å². The fraction of sp³-hybridized carbons (Fsp3) is 0.867. The Bertz CT molecular complexity index is 372. The van der Waals surface area contributed by atoms with E-state index in [0.29, 0.717) is 12.0 Å². The van der Waals surface area contributed by atoms with E-state index in [0.717, 1.165) is 19.4 Å². The fourth-order valence-corrected chi connectivity index (χ4v) is 3.74. The second-order valence-electron chi connectivity index (χ2n) is 7.07. The molecule has 4 nitrogen and oxygen atoms in total. The highest BCUT2D eigenvalue weighted by Gasteiger charge is 2.45. The molecule has 1 heterocycles. The Balaban J connectivity index is 2.19. The molecular formula is C15H25NO3. The van der Waals surface area contributed by atoms with Crippen LogP contribution in [0.25, 0.3) is 0 Å². The van der Waals surface area contributed by atoms with Crippen LogP contribution in [0.3, 0.4) is 0 Å². The quantitative estimate of drug-likeness (QED) is 0.782. The second-order valence-corrected chi connectivity index (χ2v) is 7.07. The number of carbonyl (C=O) groups excluding carboxylic acids is 1. The van der Waals surface area contributed by atoms with Gasteiger partial charge in [0.25, 0.3) is 0 Å². The Morgan fingerprint density at radius 2 is 1.79 bits per heavy atom. The first-order chi connectivity index (χ1) is 8.82. The zero-order valence-corrected chi connectivity index (χ0v) is 12.2. The van der Waals surface area contributed by atoms with E-state index in [1.54, 1.807) is 0 Å². The lowest BCUT2D eigenvalue weighted by atomic mass is 9.78. The zero-order valence-electron chi connectivity index (χ0n) is 12.2. The minimum absolute atomic E-state index is 0.170. The van der Waals surface area contributed by atoms with Crippen LogP contribution in [-0.4, -0.2) is 34.5 Å². The van der Waals surface area contributed by atoms with E-state index in [2.05, 4.69) is 0 Å². The van der Waals surface area contributed by atoms with Gasteiger partial charge in [-0.05, 0) is 37.0 Å². The molecule has 0 bridgehead atoms. The van der Waals surface area contributed by atoms with Gasteiger partial charge in [-0.25, -0.2) is 0 Å². The van der Waals surface area contributed by atoms with Crippen molar-refractivity contribution in [1.82, 2.24) is 4.90 Å². The summed E-state index contributed by atoms with van der Waals surface area (Å²) in [5, 5.41) is 9.40. The Hall–Kier alpha value is -1.06. The number of carboxylic acid groups (broad SMARTS) is 1. The third kappa shape index (κ3) is 2.77. The maximum atomic E-state index is 12.7. The molecule has 1 N–H and O–H groups in total. The molecule has 2 aliphatic rings. The van der Waals surface area contributed by atoms with E-state index < -0.39 is 17.3 Å². The Morgan fingerprint density at radius 1 is 1.16 bits per heavy atom. The van der Waals surface area contributed by atoms with Crippen LogP contribution in [0.2, 0.25) is 0 Å². The molecule has 0 radical (unpaired) electrons. The number of rotatable bonds is 2. The summed E-state index contributed by atoms with van der Waals surface area (Å²) in [6.07, 6.45) is 5.63. The van der Waals surface area contributed by atoms with Crippen LogP contribution < -0.4 is 0 Å². The maximum Gasteiger partial charge on any atom is 0.316 e. The lowest BCUT2D eigenvalue weighted by molar-refractivity contribution is -0.158. The smallest absolute Gasteiger partial charge is 0.316 e. The molecule has 3 atom stereocenters. The topological polar surface area (TPSA) is 57.6 Å². The van der Waals surface area contributed by atoms with Crippen LogP contribution >= 0.6 is 0 Å². The van der Waals surface area contributed by atoms with Crippen molar-refractivity contribution < 1.29 is 14.7 Å². The third-order valence-corrected chi connectivity index (χ3v) is 4.64. The van der Waals surface area contributed by atoms with Crippen molar-refractivity contribution >= 4 is 11.9 Å². The van der Waals surface area contributed by atoms with Gasteiger partial charge in [-0.15, -0.1) is 0 Å². The minimum Gasteiger partial charge on any atom is -0.481 e. The maximum absolute atomic E-state index is 12.7. The molecule has 0 aromatic carbocycles. The van der Waals surface area contributed by atoms with Gasteiger partial charge in [0.2, 0.25) is 5.91 Å². The number of fused-ring (bicyclic) bond motifs is 1. The van der Waals surface area contributed by atoms with E-state index in [4.69, 9.17) is 0 Å². The highest BCUT2D eigenvalue weighted by atomic mass is 16.4. The molecule has 1 saturated heterocycles. The SMILES string of the molecule is CC(C)(C)C(C(=O)O)C(=O)N1CCCC2CCCC21. The summed E-state index contributed by atoms with van der Waals surface area (Å²) >= 11 is 0. The van der Waals surface area contributed by atoms with Gasteiger partial charge in [-0.1, -0.05) is 27.2 Å². The molecule has 3 unspecified atom stereocenters. The van der Waals surface area contributed by atoms with Crippen molar-refractivity contribution in [1.29, 1.82) is 0 Å². The van der Waals surface area contributed by atoms with E-state index >= 15 is 0 Å². The average molecular weight is 267 g/mol. The van der Waals surface area contributed by atoms with Gasteiger partial charge in [0.15, 0.2) is 0 Å². The van der Waals surface area contributed by atoms with Crippen LogP contribution in [-0.2, 0) is 9.59 Å². The summed E-state index contributed by atoms with van der Waals surface area (Å²) in [4.78, 5) is 26.0. The normalized spacial score (nSPS) is 28.9. The number of hydrogen-bond donors (Lipinski definition) is 1. The predicted octanol–water partition coefficient (Wildman–Crippen LogP) is 2.52. The van der Waals surface area contributed by atoms with Gasteiger partial charge in [-0.3, -0.25) is 9.59 Å². The first-order valence-corrected chi connectivity index (χ1v) is 7.35. The van der Waals surface area contributed by atoms with E-state index in [1.807, 2.05) is 25.7 Å². The summed E-state index contributed by atoms with van der Waals surface area (Å²) in [6, 6.07) is 0.297. The van der Waals surface area contributed by atoms with Crippen molar-refractivity contribution in [3.05, 3.63) is 0 Å². The molecule has 0 aromatic heterocycles. The Labute approximate surface area is 115 Å². The van der Waals surface area contributed by atoms with Gasteiger partial charge >= 0.3 is 5.97 Å². The lowest BCUT2D eigenvalue weighted by Gasteiger charge is -2.41. The van der Waals surface area contributed by atoms with Gasteiger partial charge in [0, 0.05) is 12.6 Å². The van der Waals surface area contributed by atoms with E-state index in [1.165, 1.54) is 19.3 Å². The van der Waals surface area contributed by atoms with Crippen LogP contribution in [0.15, 0.2) is 0 Å². The number of likely N-dealkylation sites (tertiary alicyclic amines) is 1. The summed E-state index contributed by atoms with van der Waals surface area (Å²) in [5.74, 6) is -1.48. The molecular weight excluding hydrogens is 242 g/mol. The number of amides is 1. The molecule has 1 amide bonds. The monoisotopic (exact) mass is 267 g/mol. The number of carboxylic acids is 1. The largest absolute Gasteiger partial charge is 0.481 e. The predicted molar refractivity (Wildman–Crippen MR) is 72.7 cm³/mol. The number of piperidine rings is 1. The minimum atomic E-state index is -0.988. The van der Waals surface area contributed by atoms with Crippen LogP contribution in [0.1, 0.15) is 52.9 Å². The summed E-state index contributed by atoms with van der Waals surface area (Å²) < 4.78 is 0. The Morgan fingerprint density at radius 3 is 2.37 bits per heavy atom. The van der Waals surface area contributed by atoms with Crippen molar-refractivity contribution in [3.63, 3.8) is 0 Å². The van der Waals surface area contributed by atoms with Gasteiger partial charge in [0.1, 0.15) is 5.92 Å². The van der Waals surface area contributed by atoms with E-state index in [9.17, 15) is 14.7 Å². The van der Waals surface area contributed by atoms with Gasteiger partial charge in [0.05, 0.1) is 0 Å². The third-order valence-electron chi connectivity index (χ3n) is 4.64. The number of nitrogens with zero attached hydrogens (tertiary/aromatic N) is 1. The van der Waals surface area contributed by atoms with Crippen LogP contribution in [0.5, 0.6) is 0 Å². The second kappa shape index (κ2) is 5.14.